The van der Waals surface area contributed by atoms with E-state index >= 15 is 0 Å². The lowest BCUT2D eigenvalue weighted by molar-refractivity contribution is 0.0819. The molecular weight excluding hydrogens is 324 g/mol. The van der Waals surface area contributed by atoms with Crippen LogP contribution in [0.5, 0.6) is 23.0 Å². The molecule has 0 fully saturated rings. The lowest BCUT2D eigenvalue weighted by atomic mass is 9.91. The van der Waals surface area contributed by atoms with Gasteiger partial charge in [0, 0.05) is 11.6 Å². The van der Waals surface area contributed by atoms with E-state index in [0.29, 0.717) is 34.1 Å². The highest BCUT2D eigenvalue weighted by molar-refractivity contribution is 6.16. The van der Waals surface area contributed by atoms with Crippen LogP contribution in [0.4, 0.5) is 0 Å². The zero-order valence-electron chi connectivity index (χ0n) is 14.2. The summed E-state index contributed by atoms with van der Waals surface area (Å²) in [6.45, 7) is 1.71. The molecule has 6 nitrogen and oxygen atoms in total. The maximum absolute atomic E-state index is 12.8. The number of carbonyl (C=O) groups is 2. The third-order valence-corrected chi connectivity index (χ3v) is 4.12. The molecule has 1 unspecified atom stereocenters. The molecule has 2 aromatic carbocycles. The van der Waals surface area contributed by atoms with Crippen molar-refractivity contribution in [2.45, 2.75) is 6.92 Å². The van der Waals surface area contributed by atoms with Gasteiger partial charge in [0.15, 0.2) is 23.1 Å². The Morgan fingerprint density at radius 2 is 1.72 bits per heavy atom. The number of benzene rings is 2. The summed E-state index contributed by atoms with van der Waals surface area (Å²) in [4.78, 5) is 25.5. The molecule has 0 spiro atoms. The van der Waals surface area contributed by atoms with E-state index in [0.717, 1.165) is 0 Å². The molecule has 0 radical (unpaired) electrons. The van der Waals surface area contributed by atoms with E-state index in [1.54, 1.807) is 43.3 Å². The van der Waals surface area contributed by atoms with Crippen LogP contribution in [-0.4, -0.2) is 32.6 Å². The van der Waals surface area contributed by atoms with Gasteiger partial charge in [-0.2, -0.15) is 0 Å². The van der Waals surface area contributed by atoms with E-state index in [4.69, 9.17) is 18.9 Å². The molecule has 0 aliphatic carbocycles. The van der Waals surface area contributed by atoms with Crippen LogP contribution in [0.1, 0.15) is 27.6 Å². The summed E-state index contributed by atoms with van der Waals surface area (Å²) in [5, 5.41) is 0. The number of fused-ring (bicyclic) bond motifs is 1. The second-order valence-corrected chi connectivity index (χ2v) is 5.58. The molecule has 0 saturated carbocycles. The SMILES string of the molecule is COc1ccc(C(=O)C(C)C(=O)c2ccc3c(c2)OCO3)c(OC)c1. The first kappa shape index (κ1) is 16.8. The fourth-order valence-electron chi connectivity index (χ4n) is 2.65. The molecule has 0 bridgehead atoms. The molecule has 25 heavy (non-hydrogen) atoms. The normalized spacial score (nSPS) is 13.2. The number of rotatable bonds is 6. The minimum Gasteiger partial charge on any atom is -0.497 e. The maximum atomic E-state index is 12.8. The van der Waals surface area contributed by atoms with Crippen LogP contribution in [0.3, 0.4) is 0 Å². The smallest absolute Gasteiger partial charge is 0.231 e. The monoisotopic (exact) mass is 342 g/mol. The molecule has 0 saturated heterocycles. The topological polar surface area (TPSA) is 71.1 Å². The van der Waals surface area contributed by atoms with Gasteiger partial charge in [-0.3, -0.25) is 9.59 Å². The Kier molecular flexibility index (Phi) is 4.61. The minimum absolute atomic E-state index is 0.129. The van der Waals surface area contributed by atoms with Gasteiger partial charge in [-0.25, -0.2) is 0 Å². The van der Waals surface area contributed by atoms with E-state index in [-0.39, 0.29) is 18.4 Å². The molecule has 1 heterocycles. The molecule has 1 aliphatic rings. The lowest BCUT2D eigenvalue weighted by Gasteiger charge is -2.14. The van der Waals surface area contributed by atoms with Gasteiger partial charge in [0.05, 0.1) is 25.7 Å². The second-order valence-electron chi connectivity index (χ2n) is 5.58. The van der Waals surface area contributed by atoms with Crippen LogP contribution in [-0.2, 0) is 0 Å². The summed E-state index contributed by atoms with van der Waals surface area (Å²) in [6, 6.07) is 9.77. The Labute approximate surface area is 145 Å². The van der Waals surface area contributed by atoms with Crippen molar-refractivity contribution in [2.75, 3.05) is 21.0 Å². The van der Waals surface area contributed by atoms with Gasteiger partial charge in [-0.15, -0.1) is 0 Å². The van der Waals surface area contributed by atoms with Crippen molar-refractivity contribution in [1.29, 1.82) is 0 Å². The van der Waals surface area contributed by atoms with Crippen LogP contribution in [0, 0.1) is 5.92 Å². The molecule has 130 valence electrons. The average Bonchev–Trinajstić information content (AvgIpc) is 3.13. The van der Waals surface area contributed by atoms with Crippen molar-refractivity contribution in [3.8, 4) is 23.0 Å². The van der Waals surface area contributed by atoms with Gasteiger partial charge in [-0.1, -0.05) is 0 Å². The van der Waals surface area contributed by atoms with E-state index in [1.807, 2.05) is 0 Å². The summed E-state index contributed by atoms with van der Waals surface area (Å²) in [7, 11) is 3.00. The van der Waals surface area contributed by atoms with Gasteiger partial charge >= 0.3 is 0 Å². The van der Waals surface area contributed by atoms with E-state index in [2.05, 4.69) is 0 Å². The van der Waals surface area contributed by atoms with Crippen molar-refractivity contribution >= 4 is 11.6 Å². The van der Waals surface area contributed by atoms with E-state index < -0.39 is 5.92 Å². The molecule has 0 amide bonds. The van der Waals surface area contributed by atoms with Crippen molar-refractivity contribution in [2.24, 2.45) is 5.92 Å². The van der Waals surface area contributed by atoms with Gasteiger partial charge in [0.25, 0.3) is 0 Å². The van der Waals surface area contributed by atoms with Crippen LogP contribution in [0.15, 0.2) is 36.4 Å². The van der Waals surface area contributed by atoms with Gasteiger partial charge in [0.1, 0.15) is 11.5 Å². The first-order chi connectivity index (χ1) is 12.0. The first-order valence-corrected chi connectivity index (χ1v) is 7.75. The quantitative estimate of drug-likeness (QED) is 0.593. The number of ether oxygens (including phenoxy) is 4. The zero-order chi connectivity index (χ0) is 18.0. The number of Topliss-reactive ketones (excluding diaryl/α,β-unsaturated/α-hetero) is 2. The summed E-state index contributed by atoms with van der Waals surface area (Å²) in [5.41, 5.74) is 0.738. The molecular formula is C19H18O6. The third-order valence-electron chi connectivity index (χ3n) is 4.12. The number of hydrogen-bond donors (Lipinski definition) is 0. The molecule has 0 aromatic heterocycles. The van der Waals surface area contributed by atoms with Crippen LogP contribution in [0.25, 0.3) is 0 Å². The highest BCUT2D eigenvalue weighted by Gasteiger charge is 2.27. The average molecular weight is 342 g/mol. The molecule has 1 atom stereocenters. The summed E-state index contributed by atoms with van der Waals surface area (Å²) in [6.07, 6.45) is 0. The lowest BCUT2D eigenvalue weighted by Crippen LogP contribution is -2.22. The number of methoxy groups -OCH3 is 2. The fraction of sp³-hybridized carbons (Fsp3) is 0.263. The third kappa shape index (κ3) is 3.15. The standard InChI is InChI=1S/C19H18O6/c1-11(18(20)12-4-7-15-17(8-12)25-10-24-15)19(21)14-6-5-13(22-2)9-16(14)23-3/h4-9,11H,10H2,1-3H3. The summed E-state index contributed by atoms with van der Waals surface area (Å²) < 4.78 is 20.9. The number of ketones is 2. The Morgan fingerprint density at radius 1 is 0.960 bits per heavy atom. The minimum atomic E-state index is -0.859. The molecule has 0 N–H and O–H groups in total. The molecule has 2 aromatic rings. The van der Waals surface area contributed by atoms with Gasteiger partial charge < -0.3 is 18.9 Å². The number of hydrogen-bond acceptors (Lipinski definition) is 6. The van der Waals surface area contributed by atoms with Crippen LogP contribution >= 0.6 is 0 Å². The predicted octanol–water partition coefficient (Wildman–Crippen LogP) is 3.13. The second kappa shape index (κ2) is 6.84. The Bertz CT molecular complexity index is 827. The molecule has 1 aliphatic heterocycles. The predicted molar refractivity (Wildman–Crippen MR) is 89.9 cm³/mol. The highest BCUT2D eigenvalue weighted by atomic mass is 16.7. The largest absolute Gasteiger partial charge is 0.497 e. The summed E-state index contributed by atoms with van der Waals surface area (Å²) >= 11 is 0. The zero-order valence-corrected chi connectivity index (χ0v) is 14.2. The summed E-state index contributed by atoms with van der Waals surface area (Å²) in [5.74, 6) is 0.573. The van der Waals surface area contributed by atoms with Crippen LogP contribution in [0.2, 0.25) is 0 Å². The number of carbonyl (C=O) groups excluding carboxylic acids is 2. The maximum Gasteiger partial charge on any atom is 0.231 e. The van der Waals surface area contributed by atoms with Crippen molar-refractivity contribution < 1.29 is 28.5 Å². The van der Waals surface area contributed by atoms with Crippen molar-refractivity contribution in [1.82, 2.24) is 0 Å². The van der Waals surface area contributed by atoms with Crippen molar-refractivity contribution in [3.63, 3.8) is 0 Å². The first-order valence-electron chi connectivity index (χ1n) is 7.75. The Morgan fingerprint density at radius 3 is 2.44 bits per heavy atom. The van der Waals surface area contributed by atoms with Crippen molar-refractivity contribution in [3.05, 3.63) is 47.5 Å². The fourth-order valence-corrected chi connectivity index (χ4v) is 2.65. The Hall–Kier alpha value is -3.02. The Balaban J connectivity index is 1.86. The van der Waals surface area contributed by atoms with Gasteiger partial charge in [0.2, 0.25) is 6.79 Å². The van der Waals surface area contributed by atoms with E-state index in [9.17, 15) is 9.59 Å². The highest BCUT2D eigenvalue weighted by Crippen LogP contribution is 2.34. The van der Waals surface area contributed by atoms with E-state index in [1.165, 1.54) is 14.2 Å². The molecule has 3 rings (SSSR count). The molecule has 6 heteroatoms. The van der Waals surface area contributed by atoms with Gasteiger partial charge in [-0.05, 0) is 37.3 Å². The van der Waals surface area contributed by atoms with Crippen LogP contribution < -0.4 is 18.9 Å².